The summed E-state index contributed by atoms with van der Waals surface area (Å²) in [7, 11) is 0. The Morgan fingerprint density at radius 2 is 1.90 bits per heavy atom. The number of rotatable bonds is 7. The molecule has 2 N–H and O–H groups in total. The van der Waals surface area contributed by atoms with E-state index in [4.69, 9.17) is 27.9 Å². The van der Waals surface area contributed by atoms with E-state index in [1.807, 2.05) is 0 Å². The molecule has 0 saturated carbocycles. The SMILES string of the molecule is CCc1c(N2CCN(C(=O)c3ncnc(C)c3O)CC2)c(=O)n2nc(C3=CCOCC3)nc2n1CC(=O)Nc1sc(Cl)c(C(F)(F)F)c1Cl. The Morgan fingerprint density at radius 1 is 1.16 bits per heavy atom. The molecule has 49 heavy (non-hydrogen) atoms. The smallest absolute Gasteiger partial charge is 0.420 e. The van der Waals surface area contributed by atoms with Crippen molar-refractivity contribution in [2.45, 2.75) is 39.4 Å². The highest BCUT2D eigenvalue weighted by atomic mass is 35.5. The maximum atomic E-state index is 14.1. The number of aromatic hydroxyl groups is 1. The van der Waals surface area contributed by atoms with Gasteiger partial charge in [0.1, 0.15) is 33.5 Å². The minimum Gasteiger partial charge on any atom is -0.504 e. The molecule has 0 radical (unpaired) electrons. The third-order valence-electron chi connectivity index (χ3n) is 8.15. The normalized spacial score (nSPS) is 15.5. The Bertz CT molecular complexity index is 2060. The van der Waals surface area contributed by atoms with Crippen molar-refractivity contribution >= 4 is 68.4 Å². The quantitative estimate of drug-likeness (QED) is 0.283. The third kappa shape index (κ3) is 6.56. The van der Waals surface area contributed by atoms with Crippen molar-refractivity contribution in [2.75, 3.05) is 49.6 Å². The lowest BCUT2D eigenvalue weighted by Crippen LogP contribution is -2.51. The highest BCUT2D eigenvalue weighted by molar-refractivity contribution is 7.21. The van der Waals surface area contributed by atoms with Gasteiger partial charge in [0.2, 0.25) is 11.7 Å². The van der Waals surface area contributed by atoms with E-state index in [9.17, 15) is 32.7 Å². The van der Waals surface area contributed by atoms with Crippen LogP contribution in [0.1, 0.15) is 46.6 Å². The minimum atomic E-state index is -4.83. The molecule has 2 amide bonds. The summed E-state index contributed by atoms with van der Waals surface area (Å²) in [4.78, 5) is 56.5. The third-order valence-corrected chi connectivity index (χ3v) is 9.95. The van der Waals surface area contributed by atoms with Crippen molar-refractivity contribution in [3.05, 3.63) is 60.6 Å². The van der Waals surface area contributed by atoms with Crippen LogP contribution in [0.2, 0.25) is 9.36 Å². The lowest BCUT2D eigenvalue weighted by atomic mass is 10.1. The first kappa shape index (κ1) is 34.6. The molecule has 4 aromatic rings. The molecule has 1 fully saturated rings. The van der Waals surface area contributed by atoms with E-state index in [1.165, 1.54) is 15.8 Å². The van der Waals surface area contributed by atoms with Crippen LogP contribution in [0.3, 0.4) is 0 Å². The molecule has 4 aromatic heterocycles. The molecule has 0 bridgehead atoms. The number of aromatic nitrogens is 6. The molecular formula is C29H28Cl2F3N9O5S. The van der Waals surface area contributed by atoms with Gasteiger partial charge in [0.25, 0.3) is 11.5 Å². The first-order valence-corrected chi connectivity index (χ1v) is 16.6. The Kier molecular flexibility index (Phi) is 9.58. The minimum absolute atomic E-state index is 0.0536. The van der Waals surface area contributed by atoms with Gasteiger partial charge in [-0.3, -0.25) is 14.4 Å². The number of thiophene rings is 1. The first-order valence-electron chi connectivity index (χ1n) is 15.0. The molecule has 6 heterocycles. The average molecular weight is 743 g/mol. The summed E-state index contributed by atoms with van der Waals surface area (Å²) in [6, 6.07) is 0. The monoisotopic (exact) mass is 741 g/mol. The van der Waals surface area contributed by atoms with Crippen molar-refractivity contribution < 1.29 is 32.6 Å². The van der Waals surface area contributed by atoms with Gasteiger partial charge in [-0.1, -0.05) is 36.2 Å². The van der Waals surface area contributed by atoms with Gasteiger partial charge in [-0.05, 0) is 25.3 Å². The predicted molar refractivity (Wildman–Crippen MR) is 175 cm³/mol. The standard InChI is InChI=1S/C29H28Cl2F3N9O5S/c1-3-16-21(40-6-8-41(9-7-40)26(46)20-22(45)14(2)35-13-36-20)27(47)43-28(38-24(39-43)15-4-10-48-11-5-15)42(16)12-17(44)37-25-19(30)18(23(31)49-25)29(32,33)34/h4,13,45H,3,5-12H2,1-2H3,(H,37,44). The Hall–Kier alpha value is -4.26. The number of halogens is 5. The van der Waals surface area contributed by atoms with Crippen LogP contribution in [0, 0.1) is 6.92 Å². The van der Waals surface area contributed by atoms with E-state index in [0.29, 0.717) is 36.7 Å². The molecule has 0 unspecified atom stereocenters. The zero-order valence-corrected chi connectivity index (χ0v) is 28.3. The number of amides is 2. The number of anilines is 2. The van der Waals surface area contributed by atoms with Gasteiger partial charge in [-0.25, -0.2) is 9.97 Å². The van der Waals surface area contributed by atoms with Crippen LogP contribution >= 0.6 is 34.5 Å². The topological polar surface area (TPSA) is 160 Å². The summed E-state index contributed by atoms with van der Waals surface area (Å²) in [5.41, 5.74) is -0.213. The summed E-state index contributed by atoms with van der Waals surface area (Å²) in [5.74, 6) is -1.22. The first-order chi connectivity index (χ1) is 23.3. The number of nitrogens with zero attached hydrogens (tertiary/aromatic N) is 8. The van der Waals surface area contributed by atoms with Crippen molar-refractivity contribution in [3.8, 4) is 5.75 Å². The summed E-state index contributed by atoms with van der Waals surface area (Å²) in [5, 5.41) is 16.3. The van der Waals surface area contributed by atoms with Gasteiger partial charge in [0.05, 0.1) is 29.6 Å². The molecule has 1 saturated heterocycles. The van der Waals surface area contributed by atoms with E-state index in [0.717, 1.165) is 10.1 Å². The number of hydrogen-bond acceptors (Lipinski definition) is 11. The molecule has 260 valence electrons. The molecule has 20 heteroatoms. The van der Waals surface area contributed by atoms with E-state index < -0.39 is 45.0 Å². The maximum Gasteiger partial charge on any atom is 0.420 e. The number of ether oxygens (including phenoxy) is 1. The van der Waals surface area contributed by atoms with E-state index in [2.05, 4.69) is 25.4 Å². The fourth-order valence-corrected chi connectivity index (χ4v) is 7.47. The summed E-state index contributed by atoms with van der Waals surface area (Å²) in [6.45, 7) is 4.42. The second-order valence-electron chi connectivity index (χ2n) is 11.1. The van der Waals surface area contributed by atoms with E-state index >= 15 is 0 Å². The Balaban J connectivity index is 1.36. The van der Waals surface area contributed by atoms with Crippen LogP contribution in [0.4, 0.5) is 23.9 Å². The maximum absolute atomic E-state index is 14.1. The summed E-state index contributed by atoms with van der Waals surface area (Å²) >= 11 is 12.3. The number of carbonyl (C=O) groups excluding carboxylic acids is 2. The molecule has 6 rings (SSSR count). The van der Waals surface area contributed by atoms with Crippen molar-refractivity contribution in [3.63, 3.8) is 0 Å². The average Bonchev–Trinajstić information content (AvgIpc) is 3.64. The van der Waals surface area contributed by atoms with Crippen LogP contribution in [0.25, 0.3) is 11.4 Å². The van der Waals surface area contributed by atoms with Crippen LogP contribution in [0.15, 0.2) is 17.2 Å². The van der Waals surface area contributed by atoms with Gasteiger partial charge in [-0.15, -0.1) is 16.4 Å². The molecule has 2 aliphatic rings. The van der Waals surface area contributed by atoms with Crippen LogP contribution < -0.4 is 15.8 Å². The van der Waals surface area contributed by atoms with Crippen LogP contribution in [-0.2, 0) is 28.7 Å². The fraction of sp³-hybridized carbons (Fsp3) is 0.414. The number of fused-ring (bicyclic) bond motifs is 1. The van der Waals surface area contributed by atoms with Crippen molar-refractivity contribution in [2.24, 2.45) is 0 Å². The summed E-state index contributed by atoms with van der Waals surface area (Å²) < 4.78 is 47.9. The van der Waals surface area contributed by atoms with Gasteiger partial charge in [0, 0.05) is 26.2 Å². The second-order valence-corrected chi connectivity index (χ2v) is 13.1. The summed E-state index contributed by atoms with van der Waals surface area (Å²) in [6.07, 6.45) is -1.09. The number of aryl methyl sites for hydroxylation is 1. The van der Waals surface area contributed by atoms with Crippen LogP contribution in [0.5, 0.6) is 5.75 Å². The number of piperazine rings is 1. The highest BCUT2D eigenvalue weighted by Gasteiger charge is 2.39. The number of alkyl halides is 3. The highest BCUT2D eigenvalue weighted by Crippen LogP contribution is 2.48. The molecule has 0 atom stereocenters. The molecule has 0 aromatic carbocycles. The van der Waals surface area contributed by atoms with Gasteiger partial charge in [0.15, 0.2) is 17.3 Å². The zero-order chi connectivity index (χ0) is 35.2. The van der Waals surface area contributed by atoms with E-state index in [-0.39, 0.29) is 72.0 Å². The predicted octanol–water partition coefficient (Wildman–Crippen LogP) is 4.05. The Morgan fingerprint density at radius 3 is 2.53 bits per heavy atom. The van der Waals surface area contributed by atoms with Crippen molar-refractivity contribution in [1.29, 1.82) is 0 Å². The molecule has 14 nitrogen and oxygen atoms in total. The number of nitrogens with one attached hydrogen (secondary N) is 1. The van der Waals surface area contributed by atoms with Gasteiger partial charge < -0.3 is 29.5 Å². The fourth-order valence-electron chi connectivity index (χ4n) is 5.71. The number of hydrogen-bond donors (Lipinski definition) is 2. The zero-order valence-electron chi connectivity index (χ0n) is 26.0. The lowest BCUT2D eigenvalue weighted by molar-refractivity contribution is -0.137. The largest absolute Gasteiger partial charge is 0.504 e. The Labute approximate surface area is 289 Å². The molecule has 0 aliphatic carbocycles. The van der Waals surface area contributed by atoms with Gasteiger partial charge in [-0.2, -0.15) is 22.7 Å². The molecule has 2 aliphatic heterocycles. The van der Waals surface area contributed by atoms with Crippen LogP contribution in [-0.4, -0.2) is 90.3 Å². The van der Waals surface area contributed by atoms with E-state index in [1.54, 1.807) is 24.8 Å². The molecular weight excluding hydrogens is 714 g/mol. The van der Waals surface area contributed by atoms with Crippen molar-refractivity contribution in [1.82, 2.24) is 34.0 Å². The molecule has 0 spiro atoms. The second kappa shape index (κ2) is 13.6. The lowest BCUT2D eigenvalue weighted by Gasteiger charge is -2.36. The van der Waals surface area contributed by atoms with Gasteiger partial charge >= 0.3 is 6.18 Å². The number of carbonyl (C=O) groups is 2.